The molecule has 2 aliphatic rings. The molecule has 0 unspecified atom stereocenters. The molecule has 2 fully saturated rings. The third-order valence-electron chi connectivity index (χ3n) is 6.55. The summed E-state index contributed by atoms with van der Waals surface area (Å²) in [5.74, 6) is 0.702. The molecule has 7 heteroatoms. The van der Waals surface area contributed by atoms with Gasteiger partial charge in [0.1, 0.15) is 6.04 Å². The molecule has 2 rings (SSSR count). The lowest BCUT2D eigenvalue weighted by atomic mass is 9.82. The summed E-state index contributed by atoms with van der Waals surface area (Å²) < 4.78 is 5.04. The fourth-order valence-corrected chi connectivity index (χ4v) is 4.21. The lowest BCUT2D eigenvalue weighted by Gasteiger charge is -2.34. The number of ether oxygens (including phenoxy) is 1. The van der Waals surface area contributed by atoms with Crippen LogP contribution in [0.25, 0.3) is 0 Å². The van der Waals surface area contributed by atoms with Crippen LogP contribution in [0.2, 0.25) is 0 Å². The van der Waals surface area contributed by atoms with Crippen LogP contribution in [0.3, 0.4) is 0 Å². The molecule has 1 saturated carbocycles. The number of hydrogen-bond donors (Lipinski definition) is 2. The molecule has 7 nitrogen and oxygen atoms in total. The van der Waals surface area contributed by atoms with Crippen LogP contribution in [0.4, 0.5) is 4.79 Å². The molecular formula is C22H39N3O4. The van der Waals surface area contributed by atoms with Crippen LogP contribution in [0.5, 0.6) is 0 Å². The average Bonchev–Trinajstić information content (AvgIpc) is 2.72. The van der Waals surface area contributed by atoms with Gasteiger partial charge in [0.25, 0.3) is 0 Å². The van der Waals surface area contributed by atoms with Gasteiger partial charge in [-0.15, -0.1) is 0 Å². The average molecular weight is 410 g/mol. The van der Waals surface area contributed by atoms with E-state index in [1.165, 1.54) is 0 Å². The van der Waals surface area contributed by atoms with E-state index < -0.39 is 6.04 Å². The predicted octanol–water partition coefficient (Wildman–Crippen LogP) is 3.08. The second kappa shape index (κ2) is 11.4. The first-order valence-corrected chi connectivity index (χ1v) is 11.4. The van der Waals surface area contributed by atoms with E-state index >= 15 is 0 Å². The van der Waals surface area contributed by atoms with Gasteiger partial charge >= 0.3 is 6.09 Å². The molecule has 0 spiro atoms. The molecule has 1 heterocycles. The van der Waals surface area contributed by atoms with E-state index in [-0.39, 0.29) is 35.8 Å². The van der Waals surface area contributed by atoms with Crippen molar-refractivity contribution >= 4 is 17.9 Å². The van der Waals surface area contributed by atoms with Gasteiger partial charge in [0.15, 0.2) is 0 Å². The van der Waals surface area contributed by atoms with Gasteiger partial charge in [-0.05, 0) is 57.3 Å². The van der Waals surface area contributed by atoms with Gasteiger partial charge in [0.05, 0.1) is 6.61 Å². The maximum atomic E-state index is 13.0. The minimum absolute atomic E-state index is 0.0205. The first-order valence-electron chi connectivity index (χ1n) is 11.4. The van der Waals surface area contributed by atoms with Crippen molar-refractivity contribution in [2.75, 3.05) is 19.7 Å². The van der Waals surface area contributed by atoms with Gasteiger partial charge in [-0.1, -0.05) is 27.2 Å². The zero-order valence-electron chi connectivity index (χ0n) is 18.5. The van der Waals surface area contributed by atoms with Gasteiger partial charge < -0.3 is 20.3 Å². The number of piperidine rings is 1. The Bertz CT molecular complexity index is 552. The number of amides is 3. The van der Waals surface area contributed by atoms with Crippen molar-refractivity contribution in [3.8, 4) is 0 Å². The Labute approximate surface area is 175 Å². The molecule has 0 bridgehead atoms. The van der Waals surface area contributed by atoms with Crippen molar-refractivity contribution in [2.45, 2.75) is 84.7 Å². The second-order valence-electron chi connectivity index (χ2n) is 8.80. The highest BCUT2D eigenvalue weighted by atomic mass is 16.6. The van der Waals surface area contributed by atoms with Crippen molar-refractivity contribution in [1.29, 1.82) is 0 Å². The zero-order chi connectivity index (χ0) is 21.4. The summed E-state index contributed by atoms with van der Waals surface area (Å²) >= 11 is 0. The van der Waals surface area contributed by atoms with Crippen LogP contribution in [0.15, 0.2) is 0 Å². The second-order valence-corrected chi connectivity index (χ2v) is 8.80. The molecule has 3 amide bonds. The summed E-state index contributed by atoms with van der Waals surface area (Å²) in [4.78, 5) is 39.2. The highest BCUT2D eigenvalue weighted by Crippen LogP contribution is 2.28. The summed E-state index contributed by atoms with van der Waals surface area (Å²) in [6, 6.07) is -0.484. The molecular weight excluding hydrogens is 370 g/mol. The van der Waals surface area contributed by atoms with Crippen molar-refractivity contribution in [2.24, 2.45) is 17.8 Å². The van der Waals surface area contributed by atoms with E-state index in [9.17, 15) is 14.4 Å². The molecule has 2 atom stereocenters. The van der Waals surface area contributed by atoms with Crippen LogP contribution in [0.1, 0.15) is 72.6 Å². The number of hydrogen-bond acceptors (Lipinski definition) is 4. The molecule has 1 aliphatic carbocycles. The minimum Gasteiger partial charge on any atom is -0.450 e. The fourth-order valence-electron chi connectivity index (χ4n) is 4.21. The maximum absolute atomic E-state index is 13.0. The van der Waals surface area contributed by atoms with Crippen LogP contribution in [-0.2, 0) is 14.3 Å². The van der Waals surface area contributed by atoms with Crippen molar-refractivity contribution in [1.82, 2.24) is 15.5 Å². The molecule has 0 aromatic carbocycles. The van der Waals surface area contributed by atoms with Crippen LogP contribution < -0.4 is 10.6 Å². The van der Waals surface area contributed by atoms with Crippen molar-refractivity contribution < 1.29 is 19.1 Å². The normalized spacial score (nSPS) is 25.0. The van der Waals surface area contributed by atoms with Crippen LogP contribution in [0, 0.1) is 17.8 Å². The van der Waals surface area contributed by atoms with E-state index in [1.807, 2.05) is 13.8 Å². The van der Waals surface area contributed by atoms with E-state index in [0.717, 1.165) is 32.1 Å². The number of carbonyl (C=O) groups excluding carboxylic acids is 3. The molecule has 0 aromatic rings. The molecule has 29 heavy (non-hydrogen) atoms. The topological polar surface area (TPSA) is 87.7 Å². The Morgan fingerprint density at radius 1 is 1.03 bits per heavy atom. The smallest absolute Gasteiger partial charge is 0.409 e. The zero-order valence-corrected chi connectivity index (χ0v) is 18.5. The van der Waals surface area contributed by atoms with Gasteiger partial charge in [-0.2, -0.15) is 0 Å². The summed E-state index contributed by atoms with van der Waals surface area (Å²) in [6.07, 6.45) is 5.92. The highest BCUT2D eigenvalue weighted by molar-refractivity contribution is 5.89. The Morgan fingerprint density at radius 3 is 2.21 bits per heavy atom. The number of rotatable bonds is 7. The van der Waals surface area contributed by atoms with E-state index in [0.29, 0.717) is 38.5 Å². The standard InChI is InChI=1S/C22H39N3O4/c1-5-16(4)19(24-20(26)17-9-7-15(3)8-10-17)21(27)23-18-11-13-25(14-12-18)22(28)29-6-2/h15-19H,5-14H2,1-4H3,(H,23,27)(H,24,26)/t15?,16-,17?,19-/m0/s1. The fraction of sp³-hybridized carbons (Fsp3) is 0.864. The van der Waals surface area contributed by atoms with Crippen LogP contribution >= 0.6 is 0 Å². The predicted molar refractivity (Wildman–Crippen MR) is 112 cm³/mol. The third kappa shape index (κ3) is 6.89. The van der Waals surface area contributed by atoms with Crippen LogP contribution in [-0.4, -0.2) is 54.6 Å². The lowest BCUT2D eigenvalue weighted by molar-refractivity contribution is -0.133. The quantitative estimate of drug-likeness (QED) is 0.676. The largest absolute Gasteiger partial charge is 0.450 e. The first-order chi connectivity index (χ1) is 13.8. The van der Waals surface area contributed by atoms with Gasteiger partial charge in [0.2, 0.25) is 11.8 Å². The SMILES string of the molecule is CCOC(=O)N1CCC(NC(=O)[C@@H](NC(=O)C2CCC(C)CC2)[C@@H](C)CC)CC1. The van der Waals surface area contributed by atoms with E-state index in [1.54, 1.807) is 11.8 Å². The number of nitrogens with one attached hydrogen (secondary N) is 2. The highest BCUT2D eigenvalue weighted by Gasteiger charge is 2.32. The first kappa shape index (κ1) is 23.5. The summed E-state index contributed by atoms with van der Waals surface area (Å²) in [5, 5.41) is 6.16. The van der Waals surface area contributed by atoms with Crippen molar-refractivity contribution in [3.63, 3.8) is 0 Å². The summed E-state index contributed by atoms with van der Waals surface area (Å²) in [7, 11) is 0. The number of carbonyl (C=O) groups is 3. The summed E-state index contributed by atoms with van der Waals surface area (Å²) in [5.41, 5.74) is 0. The Morgan fingerprint density at radius 2 is 1.66 bits per heavy atom. The molecule has 2 N–H and O–H groups in total. The molecule has 0 radical (unpaired) electrons. The Kier molecular flexibility index (Phi) is 9.24. The van der Waals surface area contributed by atoms with E-state index in [4.69, 9.17) is 4.74 Å². The summed E-state index contributed by atoms with van der Waals surface area (Å²) in [6.45, 7) is 9.59. The maximum Gasteiger partial charge on any atom is 0.409 e. The molecule has 0 aromatic heterocycles. The number of likely N-dealkylation sites (tertiary alicyclic amines) is 1. The van der Waals surface area contributed by atoms with Gasteiger partial charge in [0, 0.05) is 25.0 Å². The van der Waals surface area contributed by atoms with E-state index in [2.05, 4.69) is 17.6 Å². The number of nitrogens with zero attached hydrogens (tertiary/aromatic N) is 1. The lowest BCUT2D eigenvalue weighted by Crippen LogP contribution is -2.55. The molecule has 1 saturated heterocycles. The van der Waals surface area contributed by atoms with Gasteiger partial charge in [-0.25, -0.2) is 4.79 Å². The third-order valence-corrected chi connectivity index (χ3v) is 6.55. The molecule has 1 aliphatic heterocycles. The van der Waals surface area contributed by atoms with Gasteiger partial charge in [-0.3, -0.25) is 9.59 Å². The monoisotopic (exact) mass is 409 g/mol. The Hall–Kier alpha value is -1.79. The molecule has 166 valence electrons. The minimum atomic E-state index is -0.505. The van der Waals surface area contributed by atoms with Crippen molar-refractivity contribution in [3.05, 3.63) is 0 Å². The Balaban J connectivity index is 1.87.